The van der Waals surface area contributed by atoms with Crippen LogP contribution in [0.4, 0.5) is 5.69 Å². The second-order valence-corrected chi connectivity index (χ2v) is 5.20. The van der Waals surface area contributed by atoms with Crippen LogP contribution in [0.15, 0.2) is 24.3 Å². The monoisotopic (exact) mass is 264 g/mol. The maximum absolute atomic E-state index is 5.72. The van der Waals surface area contributed by atoms with Gasteiger partial charge in [-0.3, -0.25) is 0 Å². The van der Waals surface area contributed by atoms with E-state index in [1.807, 2.05) is 32.3 Å². The molecule has 1 heterocycles. The van der Waals surface area contributed by atoms with E-state index < -0.39 is 0 Å². The Hall–Kier alpha value is -1.26. The Balaban J connectivity index is 1.77. The first-order valence-corrected chi connectivity index (χ1v) is 6.97. The van der Waals surface area contributed by atoms with E-state index in [9.17, 15) is 0 Å². The summed E-state index contributed by atoms with van der Waals surface area (Å²) in [7, 11) is 4.09. The van der Waals surface area contributed by atoms with E-state index >= 15 is 0 Å². The predicted molar refractivity (Wildman–Crippen MR) is 78.0 cm³/mol. The number of hydrogen-bond acceptors (Lipinski definition) is 4. The van der Waals surface area contributed by atoms with Gasteiger partial charge < -0.3 is 19.7 Å². The van der Waals surface area contributed by atoms with E-state index in [4.69, 9.17) is 9.47 Å². The number of likely N-dealkylation sites (N-methyl/N-ethyl adjacent to an activating group) is 1. The van der Waals surface area contributed by atoms with Crippen molar-refractivity contribution in [3.8, 4) is 5.75 Å². The van der Waals surface area contributed by atoms with Gasteiger partial charge >= 0.3 is 0 Å². The summed E-state index contributed by atoms with van der Waals surface area (Å²) < 4.78 is 11.3. The van der Waals surface area contributed by atoms with E-state index in [2.05, 4.69) is 16.3 Å². The van der Waals surface area contributed by atoms with Crippen molar-refractivity contribution in [2.75, 3.05) is 45.7 Å². The molecule has 4 nitrogen and oxygen atoms in total. The number of rotatable bonds is 7. The van der Waals surface area contributed by atoms with Crippen LogP contribution in [0.2, 0.25) is 0 Å². The minimum atomic E-state index is 0.360. The van der Waals surface area contributed by atoms with Crippen molar-refractivity contribution in [2.24, 2.45) is 0 Å². The van der Waals surface area contributed by atoms with Crippen molar-refractivity contribution in [3.63, 3.8) is 0 Å². The van der Waals surface area contributed by atoms with Crippen LogP contribution in [0.25, 0.3) is 0 Å². The van der Waals surface area contributed by atoms with E-state index in [-0.39, 0.29) is 0 Å². The summed E-state index contributed by atoms with van der Waals surface area (Å²) in [4.78, 5) is 2.11. The number of nitrogens with zero attached hydrogens (tertiary/aromatic N) is 1. The lowest BCUT2D eigenvalue weighted by Crippen LogP contribution is -2.19. The highest BCUT2D eigenvalue weighted by atomic mass is 16.5. The summed E-state index contributed by atoms with van der Waals surface area (Å²) >= 11 is 0. The van der Waals surface area contributed by atoms with Crippen LogP contribution in [0, 0.1) is 0 Å². The van der Waals surface area contributed by atoms with Gasteiger partial charge in [0.2, 0.25) is 0 Å². The molecule has 1 fully saturated rings. The molecule has 1 N–H and O–H groups in total. The Morgan fingerprint density at radius 3 is 3.05 bits per heavy atom. The Labute approximate surface area is 115 Å². The number of benzene rings is 1. The van der Waals surface area contributed by atoms with Crippen LogP contribution >= 0.6 is 0 Å². The van der Waals surface area contributed by atoms with Gasteiger partial charge in [0.1, 0.15) is 12.4 Å². The van der Waals surface area contributed by atoms with Crippen molar-refractivity contribution in [3.05, 3.63) is 24.3 Å². The Morgan fingerprint density at radius 2 is 2.32 bits per heavy atom. The molecular weight excluding hydrogens is 240 g/mol. The fraction of sp³-hybridized carbons (Fsp3) is 0.600. The average Bonchev–Trinajstić information content (AvgIpc) is 2.89. The molecule has 0 aromatic heterocycles. The average molecular weight is 264 g/mol. The number of anilines is 1. The smallest absolute Gasteiger partial charge is 0.121 e. The lowest BCUT2D eigenvalue weighted by molar-refractivity contribution is 0.120. The van der Waals surface area contributed by atoms with Crippen molar-refractivity contribution in [1.82, 2.24) is 4.90 Å². The molecule has 0 saturated carbocycles. The second kappa shape index (κ2) is 7.36. The Kier molecular flexibility index (Phi) is 5.48. The maximum atomic E-state index is 5.72. The standard InChI is InChI=1S/C15H24N2O2/c1-17(2)8-10-19-14-6-3-5-13(11-14)16-12-15-7-4-9-18-15/h3,5-6,11,15-16H,4,7-10,12H2,1-2H3. The molecular formula is C15H24N2O2. The molecule has 0 bridgehead atoms. The quantitative estimate of drug-likeness (QED) is 0.819. The zero-order chi connectivity index (χ0) is 13.5. The molecule has 4 heteroatoms. The van der Waals surface area contributed by atoms with Crippen molar-refractivity contribution in [1.29, 1.82) is 0 Å². The van der Waals surface area contributed by atoms with Crippen LogP contribution < -0.4 is 10.1 Å². The summed E-state index contributed by atoms with van der Waals surface area (Å²) in [6, 6.07) is 8.12. The molecule has 0 radical (unpaired) electrons. The van der Waals surface area contributed by atoms with Crippen molar-refractivity contribution < 1.29 is 9.47 Å². The fourth-order valence-electron chi connectivity index (χ4n) is 2.08. The molecule has 0 amide bonds. The molecule has 1 aliphatic heterocycles. The minimum Gasteiger partial charge on any atom is -0.492 e. The minimum absolute atomic E-state index is 0.360. The molecule has 1 unspecified atom stereocenters. The molecule has 1 aromatic rings. The summed E-state index contributed by atoms with van der Waals surface area (Å²) in [5, 5.41) is 3.41. The highest BCUT2D eigenvalue weighted by molar-refractivity contribution is 5.48. The van der Waals surface area contributed by atoms with Gasteiger partial charge in [-0.05, 0) is 39.1 Å². The van der Waals surface area contributed by atoms with Crippen LogP contribution in [0.5, 0.6) is 5.75 Å². The van der Waals surface area contributed by atoms with Gasteiger partial charge in [-0.15, -0.1) is 0 Å². The third-order valence-electron chi connectivity index (χ3n) is 3.20. The summed E-state index contributed by atoms with van der Waals surface area (Å²) in [6.45, 7) is 3.41. The predicted octanol–water partition coefficient (Wildman–Crippen LogP) is 2.22. The molecule has 19 heavy (non-hydrogen) atoms. The van der Waals surface area contributed by atoms with Gasteiger partial charge in [0.15, 0.2) is 0 Å². The fourth-order valence-corrected chi connectivity index (χ4v) is 2.08. The molecule has 1 aliphatic rings. The van der Waals surface area contributed by atoms with Crippen molar-refractivity contribution >= 4 is 5.69 Å². The molecule has 1 aromatic carbocycles. The van der Waals surface area contributed by atoms with Crippen LogP contribution in [-0.4, -0.2) is 51.4 Å². The maximum Gasteiger partial charge on any atom is 0.121 e. The largest absolute Gasteiger partial charge is 0.492 e. The van der Waals surface area contributed by atoms with Gasteiger partial charge in [0.25, 0.3) is 0 Å². The highest BCUT2D eigenvalue weighted by Gasteiger charge is 2.14. The summed E-state index contributed by atoms with van der Waals surface area (Å²) in [6.07, 6.45) is 2.70. The number of ether oxygens (including phenoxy) is 2. The lowest BCUT2D eigenvalue weighted by Gasteiger charge is -2.14. The normalized spacial score (nSPS) is 18.8. The first kappa shape index (κ1) is 14.2. The summed E-state index contributed by atoms with van der Waals surface area (Å²) in [5.41, 5.74) is 1.10. The third-order valence-corrected chi connectivity index (χ3v) is 3.20. The SMILES string of the molecule is CN(C)CCOc1cccc(NCC2CCCO2)c1. The third kappa shape index (κ3) is 5.09. The first-order valence-electron chi connectivity index (χ1n) is 6.97. The molecule has 2 rings (SSSR count). The highest BCUT2D eigenvalue weighted by Crippen LogP contribution is 2.19. The molecule has 0 spiro atoms. The van der Waals surface area contributed by atoms with Gasteiger partial charge in [-0.25, -0.2) is 0 Å². The van der Waals surface area contributed by atoms with Gasteiger partial charge in [0, 0.05) is 31.5 Å². The molecule has 106 valence electrons. The van der Waals surface area contributed by atoms with E-state index in [1.54, 1.807) is 0 Å². The van der Waals surface area contributed by atoms with Gasteiger partial charge in [-0.1, -0.05) is 6.07 Å². The van der Waals surface area contributed by atoms with Gasteiger partial charge in [-0.2, -0.15) is 0 Å². The Bertz CT molecular complexity index is 376. The lowest BCUT2D eigenvalue weighted by atomic mass is 10.2. The molecule has 1 atom stereocenters. The zero-order valence-corrected chi connectivity index (χ0v) is 11.9. The summed E-state index contributed by atoms with van der Waals surface area (Å²) in [5.74, 6) is 0.916. The van der Waals surface area contributed by atoms with E-state index in [0.717, 1.165) is 37.6 Å². The zero-order valence-electron chi connectivity index (χ0n) is 11.9. The second-order valence-electron chi connectivity index (χ2n) is 5.20. The molecule has 1 saturated heterocycles. The topological polar surface area (TPSA) is 33.7 Å². The van der Waals surface area contributed by atoms with Crippen LogP contribution in [0.1, 0.15) is 12.8 Å². The van der Waals surface area contributed by atoms with Crippen LogP contribution in [0.3, 0.4) is 0 Å². The van der Waals surface area contributed by atoms with Crippen molar-refractivity contribution in [2.45, 2.75) is 18.9 Å². The van der Waals surface area contributed by atoms with E-state index in [1.165, 1.54) is 6.42 Å². The Morgan fingerprint density at radius 1 is 1.42 bits per heavy atom. The first-order chi connectivity index (χ1) is 9.24. The number of nitrogens with one attached hydrogen (secondary N) is 1. The number of hydrogen-bond donors (Lipinski definition) is 1. The molecule has 0 aliphatic carbocycles. The van der Waals surface area contributed by atoms with Crippen LogP contribution in [-0.2, 0) is 4.74 Å². The van der Waals surface area contributed by atoms with E-state index in [0.29, 0.717) is 12.7 Å². The van der Waals surface area contributed by atoms with Gasteiger partial charge in [0.05, 0.1) is 6.10 Å².